The van der Waals surface area contributed by atoms with Gasteiger partial charge in [0.1, 0.15) is 17.4 Å². The maximum Gasteiger partial charge on any atom is 0.240 e. The van der Waals surface area contributed by atoms with Gasteiger partial charge in [-0.25, -0.2) is 0 Å². The number of rotatable bonds is 9. The highest BCUT2D eigenvalue weighted by atomic mass is 32.2. The molecule has 0 saturated carbocycles. The third kappa shape index (κ3) is 5.19. The molecule has 0 aliphatic heterocycles. The van der Waals surface area contributed by atoms with Crippen molar-refractivity contribution >= 4 is 34.5 Å². The standard InChI is InChI=1S/C24H28N2O5S/c1-13(2)9-17(24(25)29)26-21(28)11-14-5-8-19-16(10-14)23(32-4)22(31-19)15-6-7-18(27)20(12-15)30-3/h5-8,10,12-13,17,27H,9,11H2,1-4H3,(H2,25,29)(H,26,28). The van der Waals surface area contributed by atoms with Gasteiger partial charge in [0.05, 0.1) is 18.4 Å². The Morgan fingerprint density at radius 3 is 2.59 bits per heavy atom. The van der Waals surface area contributed by atoms with Gasteiger partial charge in [0.2, 0.25) is 11.8 Å². The van der Waals surface area contributed by atoms with Gasteiger partial charge in [-0.05, 0) is 54.5 Å². The largest absolute Gasteiger partial charge is 0.504 e. The molecule has 170 valence electrons. The van der Waals surface area contributed by atoms with Crippen LogP contribution in [0.5, 0.6) is 11.5 Å². The molecule has 32 heavy (non-hydrogen) atoms. The summed E-state index contributed by atoms with van der Waals surface area (Å²) in [6, 6.07) is 9.96. The van der Waals surface area contributed by atoms with E-state index >= 15 is 0 Å². The molecule has 0 aliphatic rings. The number of methoxy groups -OCH3 is 1. The molecule has 8 heteroatoms. The van der Waals surface area contributed by atoms with Gasteiger partial charge in [-0.1, -0.05) is 19.9 Å². The van der Waals surface area contributed by atoms with E-state index in [4.69, 9.17) is 14.9 Å². The van der Waals surface area contributed by atoms with Crippen molar-refractivity contribution in [3.8, 4) is 22.8 Å². The minimum Gasteiger partial charge on any atom is -0.504 e. The molecule has 3 rings (SSSR count). The molecule has 1 aromatic heterocycles. The summed E-state index contributed by atoms with van der Waals surface area (Å²) in [5, 5.41) is 13.5. The quantitative estimate of drug-likeness (QED) is 0.418. The summed E-state index contributed by atoms with van der Waals surface area (Å²) in [6.07, 6.45) is 2.57. The summed E-state index contributed by atoms with van der Waals surface area (Å²) in [4.78, 5) is 25.1. The Bertz CT molecular complexity index is 1140. The molecule has 0 saturated heterocycles. The fourth-order valence-corrected chi connectivity index (χ4v) is 4.32. The predicted molar refractivity (Wildman–Crippen MR) is 126 cm³/mol. The molecule has 7 nitrogen and oxygen atoms in total. The van der Waals surface area contributed by atoms with Gasteiger partial charge in [0.25, 0.3) is 0 Å². The molecular weight excluding hydrogens is 428 g/mol. The fourth-order valence-electron chi connectivity index (χ4n) is 3.59. The number of nitrogens with one attached hydrogen (secondary N) is 1. The monoisotopic (exact) mass is 456 g/mol. The number of hydrogen-bond donors (Lipinski definition) is 3. The first-order valence-corrected chi connectivity index (χ1v) is 11.5. The van der Waals surface area contributed by atoms with Crippen LogP contribution in [0.15, 0.2) is 45.7 Å². The zero-order valence-corrected chi connectivity index (χ0v) is 19.4. The summed E-state index contributed by atoms with van der Waals surface area (Å²) in [5.41, 5.74) is 7.70. The highest BCUT2D eigenvalue weighted by Crippen LogP contribution is 2.41. The van der Waals surface area contributed by atoms with E-state index in [0.29, 0.717) is 23.5 Å². The number of benzene rings is 2. The smallest absolute Gasteiger partial charge is 0.240 e. The Kier molecular flexibility index (Phi) is 7.35. The van der Waals surface area contributed by atoms with Crippen LogP contribution in [0.4, 0.5) is 0 Å². The highest BCUT2D eigenvalue weighted by Gasteiger charge is 2.21. The van der Waals surface area contributed by atoms with E-state index in [1.807, 2.05) is 38.3 Å². The predicted octanol–water partition coefficient (Wildman–Crippen LogP) is 4.09. The van der Waals surface area contributed by atoms with Crippen LogP contribution in [0.3, 0.4) is 0 Å². The third-order valence-corrected chi connectivity index (χ3v) is 5.92. The van der Waals surface area contributed by atoms with Crippen LogP contribution in [0.2, 0.25) is 0 Å². The lowest BCUT2D eigenvalue weighted by atomic mass is 10.0. The van der Waals surface area contributed by atoms with Crippen LogP contribution in [0, 0.1) is 5.92 Å². The number of nitrogens with two attached hydrogens (primary N) is 1. The number of hydrogen-bond acceptors (Lipinski definition) is 6. The molecule has 0 bridgehead atoms. The average molecular weight is 457 g/mol. The van der Waals surface area contributed by atoms with Crippen molar-refractivity contribution in [2.45, 2.75) is 37.6 Å². The molecule has 2 aromatic carbocycles. The second kappa shape index (κ2) is 9.99. The normalized spacial score (nSPS) is 12.2. The third-order valence-electron chi connectivity index (χ3n) is 5.10. The molecule has 2 amide bonds. The zero-order valence-electron chi connectivity index (χ0n) is 18.6. The van der Waals surface area contributed by atoms with Crippen molar-refractivity contribution in [3.63, 3.8) is 0 Å². The highest BCUT2D eigenvalue weighted by molar-refractivity contribution is 7.99. The van der Waals surface area contributed by atoms with Crippen molar-refractivity contribution in [3.05, 3.63) is 42.0 Å². The van der Waals surface area contributed by atoms with Crippen molar-refractivity contribution in [1.82, 2.24) is 5.32 Å². The Morgan fingerprint density at radius 1 is 1.22 bits per heavy atom. The van der Waals surface area contributed by atoms with E-state index in [1.54, 1.807) is 18.2 Å². The SMILES string of the molecule is COc1cc(-c2oc3ccc(CC(=O)NC(CC(C)C)C(N)=O)cc3c2SC)ccc1O. The number of primary amides is 1. The van der Waals surface area contributed by atoms with Crippen LogP contribution in [0.25, 0.3) is 22.3 Å². The minimum absolute atomic E-state index is 0.0538. The molecule has 1 unspecified atom stereocenters. The van der Waals surface area contributed by atoms with Gasteiger partial charge in [-0.3, -0.25) is 9.59 Å². The summed E-state index contributed by atoms with van der Waals surface area (Å²) < 4.78 is 11.3. The van der Waals surface area contributed by atoms with Gasteiger partial charge < -0.3 is 25.3 Å². The van der Waals surface area contributed by atoms with Crippen molar-refractivity contribution < 1.29 is 23.8 Å². The summed E-state index contributed by atoms with van der Waals surface area (Å²) in [6.45, 7) is 3.94. The van der Waals surface area contributed by atoms with Gasteiger partial charge >= 0.3 is 0 Å². The number of carbonyl (C=O) groups excluding carboxylic acids is 2. The number of furan rings is 1. The van der Waals surface area contributed by atoms with E-state index in [1.165, 1.54) is 18.9 Å². The number of amides is 2. The molecule has 0 aliphatic carbocycles. The van der Waals surface area contributed by atoms with Crippen LogP contribution in [-0.2, 0) is 16.0 Å². The number of thioether (sulfide) groups is 1. The molecule has 0 fully saturated rings. The topological polar surface area (TPSA) is 115 Å². The Hall–Kier alpha value is -3.13. The molecule has 0 radical (unpaired) electrons. The average Bonchev–Trinajstić information content (AvgIpc) is 3.11. The number of carbonyl (C=O) groups is 2. The lowest BCUT2D eigenvalue weighted by molar-refractivity contribution is -0.127. The summed E-state index contributed by atoms with van der Waals surface area (Å²) >= 11 is 1.53. The Balaban J connectivity index is 1.89. The fraction of sp³-hybridized carbons (Fsp3) is 0.333. The lowest BCUT2D eigenvalue weighted by Crippen LogP contribution is -2.45. The van der Waals surface area contributed by atoms with Gasteiger partial charge in [0, 0.05) is 10.9 Å². The minimum atomic E-state index is -0.682. The second-order valence-electron chi connectivity index (χ2n) is 8.01. The van der Waals surface area contributed by atoms with Crippen molar-refractivity contribution in [2.75, 3.05) is 13.4 Å². The first kappa shape index (κ1) is 23.5. The van der Waals surface area contributed by atoms with E-state index in [0.717, 1.165) is 21.4 Å². The van der Waals surface area contributed by atoms with Crippen LogP contribution in [-0.4, -0.2) is 36.3 Å². The van der Waals surface area contributed by atoms with Gasteiger partial charge in [0.15, 0.2) is 11.5 Å². The van der Waals surface area contributed by atoms with Crippen molar-refractivity contribution in [1.29, 1.82) is 0 Å². The molecule has 3 aromatic rings. The second-order valence-corrected chi connectivity index (χ2v) is 8.83. The van der Waals surface area contributed by atoms with Gasteiger partial charge in [-0.15, -0.1) is 11.8 Å². The Labute approximate surface area is 191 Å². The van der Waals surface area contributed by atoms with Gasteiger partial charge in [-0.2, -0.15) is 0 Å². The van der Waals surface area contributed by atoms with E-state index < -0.39 is 11.9 Å². The number of fused-ring (bicyclic) bond motifs is 1. The number of ether oxygens (including phenoxy) is 1. The molecule has 4 N–H and O–H groups in total. The molecule has 1 atom stereocenters. The number of phenolic OH excluding ortho intramolecular Hbond substituents is 1. The van der Waals surface area contributed by atoms with E-state index in [9.17, 15) is 14.7 Å². The lowest BCUT2D eigenvalue weighted by Gasteiger charge is -2.17. The number of phenols is 1. The van der Waals surface area contributed by atoms with Crippen LogP contribution in [0.1, 0.15) is 25.8 Å². The molecular formula is C24H28N2O5S. The maximum absolute atomic E-state index is 12.5. The van der Waals surface area contributed by atoms with Crippen LogP contribution >= 0.6 is 11.8 Å². The summed E-state index contributed by atoms with van der Waals surface area (Å²) in [7, 11) is 1.49. The van der Waals surface area contributed by atoms with Crippen molar-refractivity contribution in [2.24, 2.45) is 11.7 Å². The zero-order chi connectivity index (χ0) is 23.4. The van der Waals surface area contributed by atoms with Crippen LogP contribution < -0.4 is 15.8 Å². The first-order chi connectivity index (χ1) is 15.2. The maximum atomic E-state index is 12.5. The number of aromatic hydroxyl groups is 1. The molecule has 0 spiro atoms. The Morgan fingerprint density at radius 2 is 1.97 bits per heavy atom. The first-order valence-electron chi connectivity index (χ1n) is 10.3. The van der Waals surface area contributed by atoms with E-state index in [-0.39, 0.29) is 24.0 Å². The van der Waals surface area contributed by atoms with E-state index in [2.05, 4.69) is 5.32 Å². The summed E-state index contributed by atoms with van der Waals surface area (Å²) in [5.74, 6) is 0.521. The molecule has 1 heterocycles.